The Hall–Kier alpha value is -8.92. The van der Waals surface area contributed by atoms with Gasteiger partial charge in [0.15, 0.2) is 40.5 Å². The van der Waals surface area contributed by atoms with Crippen molar-refractivity contribution < 1.29 is 52.0 Å². The van der Waals surface area contributed by atoms with Crippen LogP contribution in [0, 0.1) is 11.6 Å². The first-order valence-electron chi connectivity index (χ1n) is 21.7. The van der Waals surface area contributed by atoms with Crippen molar-refractivity contribution in [3.8, 4) is 34.5 Å². The number of carbonyl (C=O) groups excluding carboxylic acids is 3. The number of rotatable bonds is 10. The van der Waals surface area contributed by atoms with Crippen LogP contribution in [0.5, 0.6) is 34.5 Å². The first-order valence-corrected chi connectivity index (χ1v) is 21.7. The van der Waals surface area contributed by atoms with Crippen molar-refractivity contribution in [2.75, 3.05) is 42.7 Å². The van der Waals surface area contributed by atoms with Crippen molar-refractivity contribution in [2.45, 2.75) is 19.3 Å². The van der Waals surface area contributed by atoms with E-state index in [1.807, 2.05) is 12.1 Å². The van der Waals surface area contributed by atoms with Gasteiger partial charge in [-0.2, -0.15) is 0 Å². The lowest BCUT2D eigenvalue weighted by Crippen LogP contribution is -2.19. The molecule has 0 bridgehead atoms. The van der Waals surface area contributed by atoms with Gasteiger partial charge in [-0.1, -0.05) is 60.7 Å². The molecule has 69 heavy (non-hydrogen) atoms. The number of aromatic nitrogens is 2. The van der Waals surface area contributed by atoms with Crippen molar-refractivity contribution in [3.63, 3.8) is 0 Å². The second-order valence-corrected chi connectivity index (χ2v) is 15.5. The molecule has 0 fully saturated rings. The minimum absolute atomic E-state index is 0.0895. The van der Waals surface area contributed by atoms with Gasteiger partial charge in [0, 0.05) is 47.8 Å². The van der Waals surface area contributed by atoms with Crippen LogP contribution in [-0.2, 0) is 25.6 Å². The van der Waals surface area contributed by atoms with Gasteiger partial charge in [0.1, 0.15) is 41.9 Å². The molecule has 4 aromatic carbocycles. The van der Waals surface area contributed by atoms with Crippen molar-refractivity contribution in [3.05, 3.63) is 185 Å². The summed E-state index contributed by atoms with van der Waals surface area (Å²) >= 11 is 0. The summed E-state index contributed by atoms with van der Waals surface area (Å²) in [7, 11) is 0. The van der Waals surface area contributed by atoms with Crippen LogP contribution in [-0.4, -0.2) is 64.7 Å². The molecule has 2 aliphatic carbocycles. The maximum atomic E-state index is 13.2. The fourth-order valence-corrected chi connectivity index (χ4v) is 7.38. The summed E-state index contributed by atoms with van der Waals surface area (Å²) in [5.74, 6) is 1.97. The second-order valence-electron chi connectivity index (χ2n) is 15.5. The van der Waals surface area contributed by atoms with E-state index in [4.69, 9.17) is 29.8 Å². The fourth-order valence-electron chi connectivity index (χ4n) is 7.38. The molecule has 348 valence electrons. The summed E-state index contributed by atoms with van der Waals surface area (Å²) in [6.45, 7) is 2.58. The van der Waals surface area contributed by atoms with Crippen molar-refractivity contribution in [2.24, 2.45) is 0 Å². The van der Waals surface area contributed by atoms with E-state index in [2.05, 4.69) is 20.6 Å². The first-order chi connectivity index (χ1) is 33.5. The molecular formula is C53H43F2N5O9. The number of benzene rings is 4. The topological polar surface area (TPSA) is 201 Å². The van der Waals surface area contributed by atoms with Crippen LogP contribution in [0.4, 0.5) is 26.1 Å². The van der Waals surface area contributed by atoms with E-state index in [9.17, 15) is 28.0 Å². The van der Waals surface area contributed by atoms with Crippen LogP contribution in [0.15, 0.2) is 157 Å². The van der Waals surface area contributed by atoms with Crippen molar-refractivity contribution in [1.82, 2.24) is 9.97 Å². The van der Waals surface area contributed by atoms with Gasteiger partial charge in [0.05, 0.1) is 18.7 Å². The number of pyridine rings is 2. The van der Waals surface area contributed by atoms with E-state index < -0.39 is 17.6 Å². The number of nitrogens with zero attached hydrogens (tertiary/aromatic N) is 2. The zero-order valence-corrected chi connectivity index (χ0v) is 36.7. The minimum atomic E-state index is -1.23. The summed E-state index contributed by atoms with van der Waals surface area (Å²) in [6, 6.07) is 29.0. The maximum absolute atomic E-state index is 13.2. The number of nitrogens with two attached hydrogens (primary N) is 1. The van der Waals surface area contributed by atoms with Crippen molar-refractivity contribution in [1.29, 1.82) is 0 Å². The minimum Gasteiger partial charge on any atom is -0.485 e. The molecule has 16 heteroatoms. The SMILES string of the molecule is Nc1ccc(Oc2ccnc3c2OCCN3)cc1.O=C(Cc1ccc(Oc2ccnc3c2OCCN3)cc1)C1=CCC=C(c2ccc(F)cc2)C1=O.O=C(O)C1=CCC=C(c2ccc(F)cc2)C1=O. The molecule has 5 N–H and O–H groups in total. The monoisotopic (exact) mass is 931 g/mol. The highest BCUT2D eigenvalue weighted by Gasteiger charge is 2.26. The Kier molecular flexibility index (Phi) is 14.6. The third kappa shape index (κ3) is 11.6. The number of carboxylic acid groups (broad SMARTS) is 1. The average molecular weight is 932 g/mol. The molecule has 0 radical (unpaired) electrons. The van der Waals surface area contributed by atoms with Gasteiger partial charge in [-0.05, 0) is 90.2 Å². The van der Waals surface area contributed by atoms with Crippen LogP contribution in [0.3, 0.4) is 0 Å². The van der Waals surface area contributed by atoms with Gasteiger partial charge < -0.3 is 40.4 Å². The van der Waals surface area contributed by atoms with Crippen LogP contribution >= 0.6 is 0 Å². The lowest BCUT2D eigenvalue weighted by atomic mass is 9.88. The number of halogens is 2. The summed E-state index contributed by atoms with van der Waals surface area (Å²) in [4.78, 5) is 56.9. The number of carboxylic acids is 1. The van der Waals surface area contributed by atoms with E-state index in [-0.39, 0.29) is 35.0 Å². The highest BCUT2D eigenvalue weighted by atomic mass is 19.1. The zero-order valence-electron chi connectivity index (χ0n) is 36.7. The Balaban J connectivity index is 0.000000154. The molecule has 0 unspecified atom stereocenters. The molecule has 0 amide bonds. The van der Waals surface area contributed by atoms with E-state index in [0.29, 0.717) is 107 Å². The molecule has 4 heterocycles. The number of hydrogen-bond donors (Lipinski definition) is 4. The molecule has 10 rings (SSSR count). The van der Waals surface area contributed by atoms with Gasteiger partial charge >= 0.3 is 5.97 Å². The Bertz CT molecular complexity index is 3020. The molecule has 2 aliphatic heterocycles. The van der Waals surface area contributed by atoms with E-state index >= 15 is 0 Å². The quantitative estimate of drug-likeness (QED) is 0.0748. The standard InChI is InChI=1S/C27H21FN2O4.C13H9FO3.C13H13N3O2/c28-19-8-6-18(7-9-19)21-2-1-3-22(25(21)32)23(31)16-17-4-10-20(11-5-17)34-24-12-13-29-27-26(24)33-15-14-30-27;14-9-6-4-8(5-7-9)10-2-1-3-11(12(10)15)13(16)17;14-9-1-3-10(4-2-9)18-11-5-6-15-13-12(11)17-8-7-16-13/h2-13H,1,14-16H2,(H,29,30);2-7H,1H2,(H,16,17);1-6H,7-8,14H2,(H,15,16). The predicted octanol–water partition coefficient (Wildman–Crippen LogP) is 9.37. The molecule has 2 aromatic heterocycles. The van der Waals surface area contributed by atoms with E-state index in [1.54, 1.807) is 91.3 Å². The summed E-state index contributed by atoms with van der Waals surface area (Å²) in [5, 5.41) is 15.2. The summed E-state index contributed by atoms with van der Waals surface area (Å²) in [5.41, 5.74) is 8.90. The fraction of sp³-hybridized carbons (Fsp3) is 0.132. The molecule has 0 atom stereocenters. The largest absolute Gasteiger partial charge is 0.485 e. The average Bonchev–Trinajstić information content (AvgIpc) is 3.36. The lowest BCUT2D eigenvalue weighted by Gasteiger charge is -2.20. The highest BCUT2D eigenvalue weighted by Crippen LogP contribution is 2.39. The van der Waals surface area contributed by atoms with Gasteiger partial charge in [0.2, 0.25) is 11.5 Å². The Morgan fingerprint density at radius 3 is 1.54 bits per heavy atom. The second kappa shape index (κ2) is 21.6. The number of Topliss-reactive ketones (excluding diaryl/α,β-unsaturated/α-hetero) is 3. The number of allylic oxidation sites excluding steroid dienone is 7. The van der Waals surface area contributed by atoms with Gasteiger partial charge in [0.25, 0.3) is 0 Å². The van der Waals surface area contributed by atoms with Gasteiger partial charge in [-0.3, -0.25) is 14.4 Å². The summed E-state index contributed by atoms with van der Waals surface area (Å²) in [6.07, 6.45) is 10.7. The number of hydrogen-bond acceptors (Lipinski definition) is 13. The lowest BCUT2D eigenvalue weighted by molar-refractivity contribution is -0.134. The molecule has 0 saturated carbocycles. The normalized spacial score (nSPS) is 14.5. The van der Waals surface area contributed by atoms with Crippen LogP contribution in [0.25, 0.3) is 11.1 Å². The van der Waals surface area contributed by atoms with E-state index in [0.717, 1.165) is 12.1 Å². The number of aliphatic carboxylic acids is 1. The van der Waals surface area contributed by atoms with E-state index in [1.165, 1.54) is 42.5 Å². The number of anilines is 3. The van der Waals surface area contributed by atoms with Gasteiger partial charge in [-0.15, -0.1) is 0 Å². The molecule has 6 aromatic rings. The molecule has 14 nitrogen and oxygen atoms in total. The third-order valence-corrected chi connectivity index (χ3v) is 10.8. The highest BCUT2D eigenvalue weighted by molar-refractivity contribution is 6.39. The smallest absolute Gasteiger partial charge is 0.339 e. The molecular weight excluding hydrogens is 889 g/mol. The predicted molar refractivity (Wildman–Crippen MR) is 254 cm³/mol. The molecule has 0 spiro atoms. The molecule has 4 aliphatic rings. The Morgan fingerprint density at radius 1 is 0.609 bits per heavy atom. The van der Waals surface area contributed by atoms with Crippen molar-refractivity contribution >= 4 is 51.8 Å². The number of carbonyl (C=O) groups is 4. The number of nitrogens with one attached hydrogen (secondary N) is 2. The third-order valence-electron chi connectivity index (χ3n) is 10.8. The van der Waals surface area contributed by atoms with Crippen LogP contribution in [0.2, 0.25) is 0 Å². The maximum Gasteiger partial charge on any atom is 0.339 e. The van der Waals surface area contributed by atoms with Crippen LogP contribution in [0.1, 0.15) is 29.5 Å². The number of ether oxygens (including phenoxy) is 4. The zero-order chi connectivity index (χ0) is 48.3. The van der Waals surface area contributed by atoms with Gasteiger partial charge in [-0.25, -0.2) is 23.5 Å². The molecule has 0 saturated heterocycles. The van der Waals surface area contributed by atoms with Crippen LogP contribution < -0.4 is 35.3 Å². The Morgan fingerprint density at radius 2 is 1.06 bits per heavy atom. The number of nitrogen functional groups attached to an aromatic ring is 1. The number of ketones is 3. The Labute approximate surface area is 394 Å². The number of fused-ring (bicyclic) bond motifs is 2. The first kappa shape index (κ1) is 46.6. The summed E-state index contributed by atoms with van der Waals surface area (Å²) < 4.78 is 48.9.